The zero-order chi connectivity index (χ0) is 23.9. The Morgan fingerprint density at radius 2 is 1.97 bits per heavy atom. The van der Waals surface area contributed by atoms with Gasteiger partial charge in [-0.25, -0.2) is 4.68 Å². The molecule has 1 atom stereocenters. The van der Waals surface area contributed by atoms with E-state index < -0.39 is 6.23 Å². The summed E-state index contributed by atoms with van der Waals surface area (Å²) < 4.78 is 14.1. The molecule has 4 heterocycles. The molecule has 9 heteroatoms. The van der Waals surface area contributed by atoms with Gasteiger partial charge in [-0.1, -0.05) is 28.1 Å². The smallest absolute Gasteiger partial charge is 0.250 e. The Bertz CT molecular complexity index is 1410. The van der Waals surface area contributed by atoms with Crippen LogP contribution in [0.4, 0.5) is 5.69 Å². The molecule has 4 aromatic rings. The maximum Gasteiger partial charge on any atom is 0.250 e. The van der Waals surface area contributed by atoms with Crippen molar-refractivity contribution in [3.63, 3.8) is 0 Å². The summed E-state index contributed by atoms with van der Waals surface area (Å²) in [7, 11) is 0. The summed E-state index contributed by atoms with van der Waals surface area (Å²) in [5.74, 6) is -0.0579. The molecule has 2 aliphatic rings. The Hall–Kier alpha value is -3.69. The fourth-order valence-corrected chi connectivity index (χ4v) is 4.82. The van der Waals surface area contributed by atoms with Gasteiger partial charge in [0.15, 0.2) is 6.23 Å². The van der Waals surface area contributed by atoms with E-state index in [0.29, 0.717) is 25.1 Å². The van der Waals surface area contributed by atoms with Crippen molar-refractivity contribution >= 4 is 33.4 Å². The van der Waals surface area contributed by atoms with E-state index in [4.69, 9.17) is 14.3 Å². The lowest BCUT2D eigenvalue weighted by Gasteiger charge is -2.23. The number of amides is 2. The van der Waals surface area contributed by atoms with Crippen molar-refractivity contribution in [2.75, 3.05) is 18.5 Å². The van der Waals surface area contributed by atoms with Gasteiger partial charge in [-0.3, -0.25) is 9.59 Å². The largest absolute Gasteiger partial charge is 0.472 e. The second-order valence-corrected chi connectivity index (χ2v) is 9.50. The van der Waals surface area contributed by atoms with E-state index in [-0.39, 0.29) is 18.4 Å². The second-order valence-electron chi connectivity index (χ2n) is 8.58. The minimum absolute atomic E-state index is 0.00916. The Morgan fingerprint density at radius 1 is 1.11 bits per heavy atom. The third kappa shape index (κ3) is 4.17. The minimum Gasteiger partial charge on any atom is -0.472 e. The van der Waals surface area contributed by atoms with Crippen LogP contribution in [0.15, 0.2) is 76.1 Å². The van der Waals surface area contributed by atoms with Gasteiger partial charge >= 0.3 is 0 Å². The fourth-order valence-electron chi connectivity index (χ4n) is 4.56. The number of hydrogen-bond acceptors (Lipinski definition) is 5. The third-order valence-corrected chi connectivity index (χ3v) is 6.83. The van der Waals surface area contributed by atoms with Gasteiger partial charge in [-0.15, -0.1) is 0 Å². The molecular weight excluding hydrogens is 512 g/mol. The van der Waals surface area contributed by atoms with Crippen LogP contribution >= 0.6 is 15.9 Å². The molecule has 0 saturated carbocycles. The molecule has 1 N–H and O–H groups in total. The third-order valence-electron chi connectivity index (χ3n) is 6.30. The van der Waals surface area contributed by atoms with Crippen LogP contribution < -0.4 is 5.32 Å². The number of ether oxygens (including phenoxy) is 1. The van der Waals surface area contributed by atoms with Crippen LogP contribution in [-0.4, -0.2) is 39.6 Å². The number of halogens is 1. The summed E-state index contributed by atoms with van der Waals surface area (Å²) in [5.41, 5.74) is 6.13. The van der Waals surface area contributed by atoms with Gasteiger partial charge in [0.05, 0.1) is 24.6 Å². The van der Waals surface area contributed by atoms with Gasteiger partial charge in [-0.05, 0) is 53.9 Å². The highest BCUT2D eigenvalue weighted by atomic mass is 79.9. The first-order valence-electron chi connectivity index (χ1n) is 11.3. The predicted octanol–water partition coefficient (Wildman–Crippen LogP) is 4.49. The van der Waals surface area contributed by atoms with Crippen LogP contribution in [0.2, 0.25) is 0 Å². The van der Waals surface area contributed by atoms with Crippen LogP contribution in [-0.2, 0) is 27.2 Å². The monoisotopic (exact) mass is 532 g/mol. The van der Waals surface area contributed by atoms with E-state index in [1.165, 1.54) is 0 Å². The number of fused-ring (bicyclic) bond motifs is 1. The van der Waals surface area contributed by atoms with Crippen LogP contribution in [0.3, 0.4) is 0 Å². The van der Waals surface area contributed by atoms with Gasteiger partial charge in [0.2, 0.25) is 5.91 Å². The lowest BCUT2D eigenvalue weighted by molar-refractivity contribution is -0.128. The molecule has 0 unspecified atom stereocenters. The van der Waals surface area contributed by atoms with E-state index in [1.54, 1.807) is 22.1 Å². The van der Waals surface area contributed by atoms with E-state index in [1.807, 2.05) is 54.7 Å². The number of hydrogen-bond donors (Lipinski definition) is 1. The first-order chi connectivity index (χ1) is 17.0. The van der Waals surface area contributed by atoms with E-state index in [0.717, 1.165) is 38.1 Å². The SMILES string of the molecule is O=C1Cc2cc(CCN3C(=O)CO[C@H]3c3cn(-c4ccc(Br)cc4)nc3-c3ccoc3)ccc2N1. The number of nitrogens with one attached hydrogen (secondary N) is 1. The molecular formula is C26H21BrN4O4. The van der Waals surface area contributed by atoms with Crippen LogP contribution in [0.5, 0.6) is 0 Å². The van der Waals surface area contributed by atoms with Crippen molar-refractivity contribution in [1.29, 1.82) is 0 Å². The van der Waals surface area contributed by atoms with Crippen LogP contribution in [0.1, 0.15) is 22.9 Å². The molecule has 0 radical (unpaired) electrons. The Kier molecular flexibility index (Phi) is 5.50. The maximum absolute atomic E-state index is 12.8. The van der Waals surface area contributed by atoms with Crippen molar-refractivity contribution in [1.82, 2.24) is 14.7 Å². The number of carbonyl (C=O) groups is 2. The Morgan fingerprint density at radius 3 is 2.77 bits per heavy atom. The van der Waals surface area contributed by atoms with Crippen molar-refractivity contribution < 1.29 is 18.7 Å². The first kappa shape index (κ1) is 21.8. The Balaban J connectivity index is 1.30. The average molecular weight is 533 g/mol. The molecule has 0 aliphatic carbocycles. The van der Waals surface area contributed by atoms with Gasteiger partial charge in [0.25, 0.3) is 5.91 Å². The highest BCUT2D eigenvalue weighted by Crippen LogP contribution is 2.36. The highest BCUT2D eigenvalue weighted by molar-refractivity contribution is 9.10. The number of benzene rings is 2. The molecule has 1 fully saturated rings. The van der Waals surface area contributed by atoms with Crippen molar-refractivity contribution in [2.45, 2.75) is 19.1 Å². The first-order valence-corrected chi connectivity index (χ1v) is 12.1. The summed E-state index contributed by atoms with van der Waals surface area (Å²) in [6, 6.07) is 15.6. The van der Waals surface area contributed by atoms with E-state index in [9.17, 15) is 9.59 Å². The lowest BCUT2D eigenvalue weighted by Crippen LogP contribution is -2.30. The standard InChI is InChI=1S/C26H21BrN4O4/c27-19-2-4-20(5-3-19)31-13-21(25(29-31)17-8-10-34-14-17)26-30(24(33)15-35-26)9-7-16-1-6-22-18(11-16)12-23(32)28-22/h1-6,8,10-11,13-14,26H,7,9,12,15H2,(H,28,32)/t26-/m0/s1. The molecule has 2 amide bonds. The summed E-state index contributed by atoms with van der Waals surface area (Å²) in [6.07, 6.45) is 5.63. The van der Waals surface area contributed by atoms with Crippen LogP contribution in [0, 0.1) is 0 Å². The highest BCUT2D eigenvalue weighted by Gasteiger charge is 2.36. The van der Waals surface area contributed by atoms with Gasteiger partial charge in [-0.2, -0.15) is 5.10 Å². The zero-order valence-electron chi connectivity index (χ0n) is 18.6. The summed E-state index contributed by atoms with van der Waals surface area (Å²) in [4.78, 5) is 26.2. The quantitative estimate of drug-likeness (QED) is 0.395. The predicted molar refractivity (Wildman–Crippen MR) is 132 cm³/mol. The summed E-state index contributed by atoms with van der Waals surface area (Å²) in [5, 5.41) is 7.66. The molecule has 2 aromatic heterocycles. The Labute approximate surface area is 209 Å². The molecule has 0 spiro atoms. The average Bonchev–Trinajstić information content (AvgIpc) is 3.63. The summed E-state index contributed by atoms with van der Waals surface area (Å²) >= 11 is 3.47. The number of nitrogens with zero attached hydrogens (tertiary/aromatic N) is 3. The molecule has 2 aromatic carbocycles. The number of furan rings is 1. The maximum atomic E-state index is 12.8. The van der Waals surface area contributed by atoms with Crippen molar-refractivity contribution in [3.8, 4) is 16.9 Å². The number of anilines is 1. The van der Waals surface area contributed by atoms with E-state index in [2.05, 4.69) is 21.2 Å². The number of carbonyl (C=O) groups excluding carboxylic acids is 2. The molecule has 2 aliphatic heterocycles. The molecule has 176 valence electrons. The van der Waals surface area contributed by atoms with Gasteiger partial charge < -0.3 is 19.4 Å². The van der Waals surface area contributed by atoms with Crippen LogP contribution in [0.25, 0.3) is 16.9 Å². The molecule has 0 bridgehead atoms. The molecule has 1 saturated heterocycles. The number of aromatic nitrogens is 2. The molecule has 6 rings (SSSR count). The van der Waals surface area contributed by atoms with Crippen molar-refractivity contribution in [2.24, 2.45) is 0 Å². The topological polar surface area (TPSA) is 89.6 Å². The second kappa shape index (κ2) is 8.83. The lowest BCUT2D eigenvalue weighted by atomic mass is 10.1. The van der Waals surface area contributed by atoms with Crippen molar-refractivity contribution in [3.05, 3.63) is 88.4 Å². The zero-order valence-corrected chi connectivity index (χ0v) is 20.2. The normalized spacial score (nSPS) is 17.2. The van der Waals surface area contributed by atoms with Gasteiger partial charge in [0.1, 0.15) is 12.3 Å². The van der Waals surface area contributed by atoms with E-state index >= 15 is 0 Å². The minimum atomic E-state index is -0.561. The fraction of sp³-hybridized carbons (Fsp3) is 0.192. The number of rotatable bonds is 6. The molecule has 35 heavy (non-hydrogen) atoms. The van der Waals surface area contributed by atoms with Gasteiger partial charge in [0, 0.05) is 34.0 Å². The summed E-state index contributed by atoms with van der Waals surface area (Å²) in [6.45, 7) is 0.500. The molecule has 8 nitrogen and oxygen atoms in total.